The van der Waals surface area contributed by atoms with Crippen molar-refractivity contribution < 1.29 is 9.18 Å². The highest BCUT2D eigenvalue weighted by atomic mass is 35.5. The zero-order chi connectivity index (χ0) is 14.5. The van der Waals surface area contributed by atoms with E-state index < -0.39 is 11.7 Å². The number of amides is 1. The molecule has 0 aliphatic rings. The second-order valence-corrected chi connectivity index (χ2v) is 4.91. The minimum absolute atomic E-state index is 0.0835. The second-order valence-electron chi connectivity index (χ2n) is 4.19. The van der Waals surface area contributed by atoms with Gasteiger partial charge in [0.1, 0.15) is 0 Å². The summed E-state index contributed by atoms with van der Waals surface area (Å²) in [6, 6.07) is 13.2. The van der Waals surface area contributed by atoms with Gasteiger partial charge in [-0.15, -0.1) is 11.6 Å². The van der Waals surface area contributed by atoms with Crippen molar-refractivity contribution in [1.82, 2.24) is 5.32 Å². The van der Waals surface area contributed by atoms with Gasteiger partial charge in [0.25, 0.3) is 5.91 Å². The van der Waals surface area contributed by atoms with Gasteiger partial charge in [-0.25, -0.2) is 4.39 Å². The van der Waals surface area contributed by atoms with Crippen molar-refractivity contribution in [3.05, 3.63) is 70.5 Å². The average Bonchev–Trinajstić information content (AvgIpc) is 2.48. The Kier molecular flexibility index (Phi) is 4.99. The van der Waals surface area contributed by atoms with Gasteiger partial charge in [0.15, 0.2) is 5.82 Å². The molecule has 1 amide bonds. The summed E-state index contributed by atoms with van der Waals surface area (Å²) in [5.41, 5.74) is 0.766. The van der Waals surface area contributed by atoms with E-state index in [0.29, 0.717) is 0 Å². The van der Waals surface area contributed by atoms with Crippen molar-refractivity contribution in [1.29, 1.82) is 0 Å². The fraction of sp³-hybridized carbons (Fsp3) is 0.133. The molecular weight excluding hydrogens is 300 g/mol. The van der Waals surface area contributed by atoms with Crippen LogP contribution in [0.25, 0.3) is 0 Å². The van der Waals surface area contributed by atoms with E-state index in [1.54, 1.807) is 0 Å². The zero-order valence-corrected chi connectivity index (χ0v) is 12.0. The number of rotatable bonds is 4. The highest BCUT2D eigenvalue weighted by molar-refractivity contribution is 6.31. The molecule has 0 aliphatic heterocycles. The molecule has 0 spiro atoms. The van der Waals surface area contributed by atoms with Gasteiger partial charge >= 0.3 is 0 Å². The van der Waals surface area contributed by atoms with Gasteiger partial charge in [-0.2, -0.15) is 0 Å². The molecular formula is C15H12Cl2FNO. The van der Waals surface area contributed by atoms with Gasteiger partial charge < -0.3 is 5.32 Å². The number of carbonyl (C=O) groups is 1. The summed E-state index contributed by atoms with van der Waals surface area (Å²) in [7, 11) is 0. The van der Waals surface area contributed by atoms with Crippen molar-refractivity contribution >= 4 is 29.1 Å². The van der Waals surface area contributed by atoms with Crippen LogP contribution in [0.4, 0.5) is 4.39 Å². The molecule has 2 aromatic carbocycles. The Morgan fingerprint density at radius 3 is 2.50 bits per heavy atom. The van der Waals surface area contributed by atoms with Crippen molar-refractivity contribution in [3.63, 3.8) is 0 Å². The maximum atomic E-state index is 13.8. The lowest BCUT2D eigenvalue weighted by atomic mass is 10.1. The molecule has 0 bridgehead atoms. The Labute approximate surface area is 126 Å². The maximum Gasteiger partial charge on any atom is 0.254 e. The smallest absolute Gasteiger partial charge is 0.254 e. The van der Waals surface area contributed by atoms with Gasteiger partial charge in [-0.1, -0.05) is 48.0 Å². The molecule has 0 radical (unpaired) electrons. The maximum absolute atomic E-state index is 13.8. The van der Waals surface area contributed by atoms with Crippen molar-refractivity contribution in [3.8, 4) is 0 Å². The molecule has 0 saturated carbocycles. The van der Waals surface area contributed by atoms with E-state index in [1.807, 2.05) is 30.3 Å². The molecule has 0 saturated heterocycles. The van der Waals surface area contributed by atoms with Crippen LogP contribution in [0.1, 0.15) is 22.0 Å². The van der Waals surface area contributed by atoms with Crippen molar-refractivity contribution in [2.24, 2.45) is 0 Å². The van der Waals surface area contributed by atoms with Crippen LogP contribution in [0.2, 0.25) is 5.02 Å². The van der Waals surface area contributed by atoms with Gasteiger partial charge in [-0.3, -0.25) is 4.79 Å². The SMILES string of the molecule is O=C(NC(CCl)c1ccccc1)c1cccc(Cl)c1F. The monoisotopic (exact) mass is 311 g/mol. The number of carbonyl (C=O) groups excluding carboxylic acids is 1. The topological polar surface area (TPSA) is 29.1 Å². The third-order valence-electron chi connectivity index (χ3n) is 2.86. The van der Waals surface area contributed by atoms with Gasteiger partial charge in [0.2, 0.25) is 0 Å². The largest absolute Gasteiger partial charge is 0.344 e. The first-order valence-corrected chi connectivity index (χ1v) is 6.90. The fourth-order valence-corrected chi connectivity index (χ4v) is 2.24. The fourth-order valence-electron chi connectivity index (χ4n) is 1.81. The summed E-state index contributed by atoms with van der Waals surface area (Å²) in [5, 5.41) is 2.61. The molecule has 0 aliphatic carbocycles. The summed E-state index contributed by atoms with van der Waals surface area (Å²) in [6.07, 6.45) is 0. The summed E-state index contributed by atoms with van der Waals surface area (Å²) >= 11 is 11.5. The minimum Gasteiger partial charge on any atom is -0.344 e. The number of benzene rings is 2. The molecule has 0 fully saturated rings. The highest BCUT2D eigenvalue weighted by Gasteiger charge is 2.18. The molecule has 2 aromatic rings. The molecule has 20 heavy (non-hydrogen) atoms. The second kappa shape index (κ2) is 6.73. The number of alkyl halides is 1. The first kappa shape index (κ1) is 14.8. The summed E-state index contributed by atoms with van der Waals surface area (Å²) in [4.78, 5) is 12.1. The Bertz CT molecular complexity index is 604. The van der Waals surface area contributed by atoms with Crippen LogP contribution in [0.5, 0.6) is 0 Å². The van der Waals surface area contributed by atoms with E-state index in [2.05, 4.69) is 5.32 Å². The Morgan fingerprint density at radius 1 is 1.15 bits per heavy atom. The lowest BCUT2D eigenvalue weighted by Crippen LogP contribution is -2.30. The van der Waals surface area contributed by atoms with Crippen LogP contribution in [0.15, 0.2) is 48.5 Å². The number of hydrogen-bond donors (Lipinski definition) is 1. The first-order chi connectivity index (χ1) is 9.63. The van der Waals surface area contributed by atoms with E-state index in [4.69, 9.17) is 23.2 Å². The predicted octanol–water partition coefficient (Wildman–Crippen LogP) is 4.19. The van der Waals surface area contributed by atoms with Gasteiger partial charge in [0.05, 0.1) is 16.6 Å². The predicted molar refractivity (Wildman–Crippen MR) is 78.8 cm³/mol. The lowest BCUT2D eigenvalue weighted by Gasteiger charge is -2.17. The van der Waals surface area contributed by atoms with Crippen molar-refractivity contribution in [2.45, 2.75) is 6.04 Å². The van der Waals surface area contributed by atoms with Crippen LogP contribution >= 0.6 is 23.2 Å². The molecule has 5 heteroatoms. The van der Waals surface area contributed by atoms with Gasteiger partial charge in [-0.05, 0) is 17.7 Å². The third kappa shape index (κ3) is 3.30. The van der Waals surface area contributed by atoms with Crippen molar-refractivity contribution in [2.75, 3.05) is 5.88 Å². The molecule has 1 N–H and O–H groups in total. The van der Waals surface area contributed by atoms with Crippen LogP contribution in [0, 0.1) is 5.82 Å². The standard InChI is InChI=1S/C15H12Cl2FNO/c16-9-13(10-5-2-1-3-6-10)19-15(20)11-7-4-8-12(17)14(11)18/h1-8,13H,9H2,(H,19,20). The minimum atomic E-state index is -0.729. The summed E-state index contributed by atoms with van der Waals surface area (Å²) < 4.78 is 13.8. The quantitative estimate of drug-likeness (QED) is 0.843. The number of halogens is 3. The Balaban J connectivity index is 2.20. The van der Waals surface area contributed by atoms with Crippen LogP contribution in [-0.2, 0) is 0 Å². The molecule has 1 atom stereocenters. The van der Waals surface area contributed by atoms with Crippen LogP contribution in [-0.4, -0.2) is 11.8 Å². The lowest BCUT2D eigenvalue weighted by molar-refractivity contribution is 0.0936. The number of hydrogen-bond acceptors (Lipinski definition) is 1. The average molecular weight is 312 g/mol. The Hall–Kier alpha value is -1.58. The zero-order valence-electron chi connectivity index (χ0n) is 10.4. The van der Waals surface area contributed by atoms with Gasteiger partial charge in [0, 0.05) is 5.88 Å². The Morgan fingerprint density at radius 2 is 1.85 bits per heavy atom. The first-order valence-electron chi connectivity index (χ1n) is 5.99. The summed E-state index contributed by atoms with van der Waals surface area (Å²) in [6.45, 7) is 0. The van der Waals surface area contributed by atoms with E-state index >= 15 is 0 Å². The van der Waals surface area contributed by atoms with E-state index in [1.165, 1.54) is 18.2 Å². The molecule has 2 nitrogen and oxygen atoms in total. The number of nitrogens with one attached hydrogen (secondary N) is 1. The molecule has 104 valence electrons. The summed E-state index contributed by atoms with van der Waals surface area (Å²) in [5.74, 6) is -1.08. The normalized spacial score (nSPS) is 11.9. The van der Waals surface area contributed by atoms with Crippen LogP contribution in [0.3, 0.4) is 0 Å². The van der Waals surface area contributed by atoms with E-state index in [-0.39, 0.29) is 22.5 Å². The van der Waals surface area contributed by atoms with E-state index in [0.717, 1.165) is 5.56 Å². The molecule has 0 aromatic heterocycles. The molecule has 0 heterocycles. The highest BCUT2D eigenvalue weighted by Crippen LogP contribution is 2.20. The van der Waals surface area contributed by atoms with E-state index in [9.17, 15) is 9.18 Å². The van der Waals surface area contributed by atoms with Crippen LogP contribution < -0.4 is 5.32 Å². The molecule has 2 rings (SSSR count). The third-order valence-corrected chi connectivity index (χ3v) is 3.46. The molecule has 1 unspecified atom stereocenters.